The maximum Gasteiger partial charge on any atom is 0.343 e. The molecule has 1 N–H and O–H groups in total. The molecule has 4 nitrogen and oxygen atoms in total. The van der Waals surface area contributed by atoms with E-state index in [-0.39, 0.29) is 10.9 Å². The number of rotatable bonds is 2. The molecule has 3 aromatic carbocycles. The van der Waals surface area contributed by atoms with Crippen LogP contribution in [0.1, 0.15) is 16.4 Å². The van der Waals surface area contributed by atoms with Crippen LogP contribution >= 0.6 is 11.8 Å². The molecule has 0 fully saturated rings. The zero-order chi connectivity index (χ0) is 19.1. The molecule has 0 bridgehead atoms. The van der Waals surface area contributed by atoms with Crippen LogP contribution < -0.4 is 15.7 Å². The highest BCUT2D eigenvalue weighted by molar-refractivity contribution is 8.00. The summed E-state index contributed by atoms with van der Waals surface area (Å²) in [6, 6.07) is 23.6. The van der Waals surface area contributed by atoms with E-state index >= 15 is 0 Å². The van der Waals surface area contributed by atoms with Crippen LogP contribution in [-0.2, 0) is 0 Å². The van der Waals surface area contributed by atoms with E-state index in [1.54, 1.807) is 18.9 Å². The highest BCUT2D eigenvalue weighted by atomic mass is 32.2. The monoisotopic (exact) mass is 387 g/mol. The average molecular weight is 387 g/mol. The van der Waals surface area contributed by atoms with Crippen LogP contribution in [0.2, 0.25) is 0 Å². The van der Waals surface area contributed by atoms with Crippen molar-refractivity contribution in [3.8, 4) is 5.75 Å². The normalized spacial score (nSPS) is 15.2. The van der Waals surface area contributed by atoms with Gasteiger partial charge >= 0.3 is 5.63 Å². The van der Waals surface area contributed by atoms with Gasteiger partial charge in [-0.3, -0.25) is 0 Å². The van der Waals surface area contributed by atoms with Gasteiger partial charge in [-0.1, -0.05) is 36.4 Å². The van der Waals surface area contributed by atoms with Gasteiger partial charge in [-0.25, -0.2) is 4.79 Å². The number of anilines is 2. The van der Waals surface area contributed by atoms with Crippen molar-refractivity contribution in [1.29, 1.82) is 0 Å². The van der Waals surface area contributed by atoms with Gasteiger partial charge in [0.25, 0.3) is 0 Å². The second kappa shape index (κ2) is 6.77. The van der Waals surface area contributed by atoms with E-state index in [0.29, 0.717) is 11.1 Å². The van der Waals surface area contributed by atoms with Crippen molar-refractivity contribution < 1.29 is 9.15 Å². The first-order chi connectivity index (χ1) is 13.7. The van der Waals surface area contributed by atoms with Crippen molar-refractivity contribution in [3.05, 3.63) is 94.3 Å². The Bertz CT molecular complexity index is 1230. The Labute approximate surface area is 166 Å². The van der Waals surface area contributed by atoms with Gasteiger partial charge in [0.15, 0.2) is 0 Å². The minimum Gasteiger partial charge on any atom is -0.497 e. The van der Waals surface area contributed by atoms with E-state index < -0.39 is 0 Å². The molecule has 5 rings (SSSR count). The lowest BCUT2D eigenvalue weighted by Gasteiger charge is -2.17. The topological polar surface area (TPSA) is 51.5 Å². The van der Waals surface area contributed by atoms with Crippen LogP contribution in [0.15, 0.2) is 86.9 Å². The molecule has 0 unspecified atom stereocenters. The van der Waals surface area contributed by atoms with Crippen molar-refractivity contribution >= 4 is 34.1 Å². The lowest BCUT2D eigenvalue weighted by Crippen LogP contribution is -2.13. The summed E-state index contributed by atoms with van der Waals surface area (Å²) in [4.78, 5) is 14.1. The second-order valence-electron chi connectivity index (χ2n) is 6.57. The van der Waals surface area contributed by atoms with Gasteiger partial charge in [0.05, 0.1) is 29.3 Å². The van der Waals surface area contributed by atoms with Gasteiger partial charge in [-0.2, -0.15) is 0 Å². The standard InChI is InChI=1S/C23H17NO3S/c1-26-15-12-10-14(11-13-15)22-20-21(24-17-7-3-5-9-19(17)28-22)16-6-2-4-8-18(16)27-23(20)25/h2-13,22,24H,1H3/t22-/m0/s1. The number of hydrogen-bond donors (Lipinski definition) is 1. The molecule has 4 aromatic rings. The van der Waals surface area contributed by atoms with Crippen LogP contribution in [0.3, 0.4) is 0 Å². The van der Waals surface area contributed by atoms with Gasteiger partial charge in [-0.05, 0) is 42.0 Å². The zero-order valence-electron chi connectivity index (χ0n) is 15.1. The van der Waals surface area contributed by atoms with Crippen LogP contribution in [0.4, 0.5) is 11.4 Å². The summed E-state index contributed by atoms with van der Waals surface area (Å²) in [6.45, 7) is 0. The van der Waals surface area contributed by atoms with Crippen molar-refractivity contribution in [3.63, 3.8) is 0 Å². The van der Waals surface area contributed by atoms with Crippen LogP contribution in [-0.4, -0.2) is 7.11 Å². The van der Waals surface area contributed by atoms with Gasteiger partial charge < -0.3 is 14.5 Å². The number of benzene rings is 3. The molecule has 0 aliphatic carbocycles. The molecule has 0 radical (unpaired) electrons. The Kier molecular flexibility index (Phi) is 4.10. The molecule has 1 aliphatic heterocycles. The average Bonchev–Trinajstić information content (AvgIpc) is 2.91. The number of thioether (sulfide) groups is 1. The molecule has 0 saturated carbocycles. The Morgan fingerprint density at radius 3 is 2.54 bits per heavy atom. The number of fused-ring (bicyclic) bond motifs is 4. The summed E-state index contributed by atoms with van der Waals surface area (Å²) >= 11 is 1.65. The molecule has 0 amide bonds. The molecule has 1 atom stereocenters. The third-order valence-corrected chi connectivity index (χ3v) is 6.27. The van der Waals surface area contributed by atoms with Gasteiger partial charge in [0, 0.05) is 10.3 Å². The third-order valence-electron chi connectivity index (χ3n) is 4.92. The third kappa shape index (κ3) is 2.75. The lowest BCUT2D eigenvalue weighted by atomic mass is 10.0. The number of methoxy groups -OCH3 is 1. The summed E-state index contributed by atoms with van der Waals surface area (Å²) in [5.74, 6) is 0.784. The van der Waals surface area contributed by atoms with E-state index in [1.165, 1.54) is 0 Å². The maximum absolute atomic E-state index is 13.0. The predicted molar refractivity (Wildman–Crippen MR) is 113 cm³/mol. The van der Waals surface area contributed by atoms with Gasteiger partial charge in [0.1, 0.15) is 11.3 Å². The van der Waals surface area contributed by atoms with Gasteiger partial charge in [-0.15, -0.1) is 11.8 Å². The van der Waals surface area contributed by atoms with E-state index in [0.717, 1.165) is 33.0 Å². The Morgan fingerprint density at radius 1 is 0.964 bits per heavy atom. The minimum atomic E-state index is -0.317. The summed E-state index contributed by atoms with van der Waals surface area (Å²) in [6.07, 6.45) is 0. The molecule has 1 aliphatic rings. The largest absolute Gasteiger partial charge is 0.497 e. The second-order valence-corrected chi connectivity index (χ2v) is 7.71. The smallest absolute Gasteiger partial charge is 0.343 e. The van der Waals surface area contributed by atoms with Crippen molar-refractivity contribution in [2.24, 2.45) is 0 Å². The van der Waals surface area contributed by atoms with E-state index in [4.69, 9.17) is 9.15 Å². The Morgan fingerprint density at radius 2 is 1.71 bits per heavy atom. The SMILES string of the molecule is COc1ccc([C@@H]2Sc3ccccc3Nc3c2c(=O)oc2ccccc32)cc1. The zero-order valence-corrected chi connectivity index (χ0v) is 16.0. The van der Waals surface area contributed by atoms with E-state index in [9.17, 15) is 4.79 Å². The number of nitrogens with one attached hydrogen (secondary N) is 1. The molecular weight excluding hydrogens is 370 g/mol. The fraction of sp³-hybridized carbons (Fsp3) is 0.0870. The van der Waals surface area contributed by atoms with Crippen LogP contribution in [0.5, 0.6) is 5.75 Å². The molecule has 138 valence electrons. The number of ether oxygens (including phenoxy) is 1. The molecule has 28 heavy (non-hydrogen) atoms. The number of para-hydroxylation sites is 2. The van der Waals surface area contributed by atoms with E-state index in [2.05, 4.69) is 11.4 Å². The first kappa shape index (κ1) is 17.0. The van der Waals surface area contributed by atoms with Crippen molar-refractivity contribution in [2.45, 2.75) is 10.1 Å². The molecule has 0 saturated heterocycles. The molecular formula is C23H17NO3S. The molecule has 5 heteroatoms. The fourth-order valence-electron chi connectivity index (χ4n) is 3.54. The van der Waals surface area contributed by atoms with Crippen molar-refractivity contribution in [2.75, 3.05) is 12.4 Å². The maximum atomic E-state index is 13.0. The van der Waals surface area contributed by atoms with E-state index in [1.807, 2.05) is 66.7 Å². The van der Waals surface area contributed by atoms with Crippen LogP contribution in [0, 0.1) is 0 Å². The first-order valence-electron chi connectivity index (χ1n) is 8.97. The van der Waals surface area contributed by atoms with Gasteiger partial charge in [0.2, 0.25) is 0 Å². The Hall–Kier alpha value is -3.18. The summed E-state index contributed by atoms with van der Waals surface area (Å²) in [7, 11) is 1.64. The summed E-state index contributed by atoms with van der Waals surface area (Å²) in [5.41, 5.74) is 3.71. The first-order valence-corrected chi connectivity index (χ1v) is 9.85. The quantitative estimate of drug-likeness (QED) is 0.445. The summed E-state index contributed by atoms with van der Waals surface area (Å²) in [5, 5.41) is 4.20. The van der Waals surface area contributed by atoms with Crippen molar-refractivity contribution in [1.82, 2.24) is 0 Å². The number of hydrogen-bond acceptors (Lipinski definition) is 5. The Balaban J connectivity index is 1.80. The van der Waals surface area contributed by atoms with Crippen LogP contribution in [0.25, 0.3) is 11.0 Å². The molecule has 2 heterocycles. The molecule has 1 aromatic heterocycles. The highest BCUT2D eigenvalue weighted by Crippen LogP contribution is 2.49. The lowest BCUT2D eigenvalue weighted by molar-refractivity contribution is 0.414. The fourth-order valence-corrected chi connectivity index (χ4v) is 4.83. The predicted octanol–water partition coefficient (Wildman–Crippen LogP) is 5.74. The summed E-state index contributed by atoms with van der Waals surface area (Å²) < 4.78 is 11.0. The minimum absolute atomic E-state index is 0.196. The highest BCUT2D eigenvalue weighted by Gasteiger charge is 2.29. The molecule has 0 spiro atoms.